The average molecular weight is 941 g/mol. The number of para-hydroxylation sites is 3. The van der Waals surface area contributed by atoms with Crippen LogP contribution in [0.5, 0.6) is 0 Å². The zero-order valence-electron chi connectivity index (χ0n) is 40.6. The lowest BCUT2D eigenvalue weighted by Crippen LogP contribution is -2.28. The molecular formula is C72H48N2. The van der Waals surface area contributed by atoms with E-state index in [2.05, 4.69) is 301 Å². The number of rotatable bonds is 8. The van der Waals surface area contributed by atoms with Crippen molar-refractivity contribution in [3.8, 4) is 33.4 Å². The molecule has 1 atom stereocenters. The Kier molecular flexibility index (Phi) is 9.43. The number of fused-ring (bicyclic) bond motifs is 15. The van der Waals surface area contributed by atoms with Crippen molar-refractivity contribution in [1.29, 1.82) is 0 Å². The summed E-state index contributed by atoms with van der Waals surface area (Å²) in [6.45, 7) is 0. The second-order valence-electron chi connectivity index (χ2n) is 19.8. The van der Waals surface area contributed by atoms with Gasteiger partial charge in [-0.25, -0.2) is 0 Å². The Balaban J connectivity index is 1.02. The predicted molar refractivity (Wildman–Crippen MR) is 307 cm³/mol. The predicted octanol–water partition coefficient (Wildman–Crippen LogP) is 18.5. The molecule has 0 saturated carbocycles. The van der Waals surface area contributed by atoms with Crippen LogP contribution < -0.4 is 9.80 Å². The fourth-order valence-corrected chi connectivity index (χ4v) is 13.5. The van der Waals surface area contributed by atoms with Crippen LogP contribution >= 0.6 is 0 Å². The van der Waals surface area contributed by atoms with Gasteiger partial charge in [0, 0.05) is 33.7 Å². The van der Waals surface area contributed by atoms with Gasteiger partial charge in [-0.2, -0.15) is 0 Å². The molecule has 3 aliphatic rings. The van der Waals surface area contributed by atoms with E-state index < -0.39 is 10.8 Å². The van der Waals surface area contributed by atoms with Crippen molar-refractivity contribution >= 4 is 44.9 Å². The molecule has 0 heterocycles. The van der Waals surface area contributed by atoms with Gasteiger partial charge in [0.1, 0.15) is 0 Å². The second-order valence-corrected chi connectivity index (χ2v) is 19.8. The number of anilines is 6. The highest BCUT2D eigenvalue weighted by atomic mass is 15.2. The maximum atomic E-state index is 2.54. The van der Waals surface area contributed by atoms with E-state index in [0.29, 0.717) is 0 Å². The van der Waals surface area contributed by atoms with Gasteiger partial charge >= 0.3 is 0 Å². The van der Waals surface area contributed by atoms with Crippen molar-refractivity contribution in [2.24, 2.45) is 0 Å². The molecule has 15 rings (SSSR count). The lowest BCUT2D eigenvalue weighted by Gasteiger charge is -2.35. The van der Waals surface area contributed by atoms with Crippen LogP contribution in [0, 0.1) is 0 Å². The summed E-state index contributed by atoms with van der Waals surface area (Å²) >= 11 is 0. The minimum absolute atomic E-state index is 0.548. The van der Waals surface area contributed by atoms with E-state index in [9.17, 15) is 0 Å². The van der Waals surface area contributed by atoms with Crippen molar-refractivity contribution in [2.75, 3.05) is 9.80 Å². The summed E-state index contributed by atoms with van der Waals surface area (Å²) in [7, 11) is 0. The minimum Gasteiger partial charge on any atom is -0.310 e. The summed E-state index contributed by atoms with van der Waals surface area (Å²) in [5.74, 6) is 0. The van der Waals surface area contributed by atoms with Gasteiger partial charge in [-0.15, -0.1) is 0 Å². The van der Waals surface area contributed by atoms with E-state index in [1.807, 2.05) is 0 Å². The quantitative estimate of drug-likeness (QED) is 0.150. The SMILES string of the molecule is c1ccc(N(c2ccc3c(c2)C(c2ccccc2)(c2ccccc2)c2ccccc2-3)c2cccc3c2-c2ccccc2C32c3ccccc3-c3c2cc(N(c2ccccc2)c2ccccc2)c2ccccc32)cc1. The van der Waals surface area contributed by atoms with E-state index in [4.69, 9.17) is 0 Å². The van der Waals surface area contributed by atoms with Crippen molar-refractivity contribution in [2.45, 2.75) is 10.8 Å². The summed E-state index contributed by atoms with van der Waals surface area (Å²) in [6, 6.07) is 108. The van der Waals surface area contributed by atoms with Gasteiger partial charge in [-0.1, -0.05) is 231 Å². The molecule has 0 aliphatic heterocycles. The van der Waals surface area contributed by atoms with Gasteiger partial charge in [0.05, 0.1) is 22.2 Å². The van der Waals surface area contributed by atoms with Gasteiger partial charge in [0.15, 0.2) is 0 Å². The second kappa shape index (κ2) is 16.5. The zero-order valence-corrected chi connectivity index (χ0v) is 40.6. The van der Waals surface area contributed by atoms with Crippen LogP contribution in [0.1, 0.15) is 44.5 Å². The van der Waals surface area contributed by atoms with Crippen molar-refractivity contribution in [3.05, 3.63) is 336 Å². The fraction of sp³-hybridized carbons (Fsp3) is 0.0278. The van der Waals surface area contributed by atoms with Gasteiger partial charge in [-0.05, 0) is 138 Å². The Hall–Kier alpha value is -9.50. The molecule has 2 heteroatoms. The highest BCUT2D eigenvalue weighted by Gasteiger charge is 2.54. The average Bonchev–Trinajstić information content (AvgIpc) is 4.17. The number of hydrogen-bond donors (Lipinski definition) is 0. The van der Waals surface area contributed by atoms with Crippen LogP contribution in [0.4, 0.5) is 34.1 Å². The Morgan fingerprint density at radius 1 is 0.216 bits per heavy atom. The van der Waals surface area contributed by atoms with E-state index in [1.54, 1.807) is 0 Å². The number of hydrogen-bond acceptors (Lipinski definition) is 2. The van der Waals surface area contributed by atoms with Crippen LogP contribution in [0.25, 0.3) is 44.2 Å². The summed E-state index contributed by atoms with van der Waals surface area (Å²) in [6.07, 6.45) is 0. The van der Waals surface area contributed by atoms with Crippen molar-refractivity contribution in [3.63, 3.8) is 0 Å². The maximum absolute atomic E-state index is 2.54. The third kappa shape index (κ3) is 5.82. The lowest BCUT2D eigenvalue weighted by molar-refractivity contribution is 0.768. The van der Waals surface area contributed by atoms with Gasteiger partial charge in [-0.3, -0.25) is 0 Å². The van der Waals surface area contributed by atoms with Gasteiger partial charge in [0.25, 0.3) is 0 Å². The topological polar surface area (TPSA) is 6.48 Å². The zero-order chi connectivity index (χ0) is 48.8. The Labute approximate surface area is 432 Å². The van der Waals surface area contributed by atoms with Crippen LogP contribution in [0.15, 0.2) is 291 Å². The number of benzene rings is 12. The lowest BCUT2D eigenvalue weighted by atomic mass is 9.67. The summed E-state index contributed by atoms with van der Waals surface area (Å²) in [5, 5.41) is 2.45. The monoisotopic (exact) mass is 940 g/mol. The highest BCUT2D eigenvalue weighted by molar-refractivity contribution is 6.13. The summed E-state index contributed by atoms with van der Waals surface area (Å²) in [5.41, 5.74) is 23.4. The molecule has 12 aromatic carbocycles. The molecule has 346 valence electrons. The van der Waals surface area contributed by atoms with Crippen LogP contribution in [-0.2, 0) is 10.8 Å². The first-order valence-corrected chi connectivity index (χ1v) is 25.8. The third-order valence-electron chi connectivity index (χ3n) is 16.3. The summed E-state index contributed by atoms with van der Waals surface area (Å²) in [4.78, 5) is 4.98. The molecule has 0 bridgehead atoms. The van der Waals surface area contributed by atoms with E-state index in [-0.39, 0.29) is 0 Å². The first-order valence-electron chi connectivity index (χ1n) is 25.8. The molecule has 12 aromatic rings. The Morgan fingerprint density at radius 3 is 1.20 bits per heavy atom. The minimum atomic E-state index is -0.636. The third-order valence-corrected chi connectivity index (χ3v) is 16.3. The molecule has 0 radical (unpaired) electrons. The van der Waals surface area contributed by atoms with Crippen molar-refractivity contribution in [1.82, 2.24) is 0 Å². The van der Waals surface area contributed by atoms with Crippen molar-refractivity contribution < 1.29 is 0 Å². The molecule has 1 unspecified atom stereocenters. The molecule has 1 spiro atoms. The van der Waals surface area contributed by atoms with Gasteiger partial charge < -0.3 is 9.80 Å². The van der Waals surface area contributed by atoms with E-state index >= 15 is 0 Å². The van der Waals surface area contributed by atoms with Crippen LogP contribution in [0.2, 0.25) is 0 Å². The first kappa shape index (κ1) is 42.2. The fourth-order valence-electron chi connectivity index (χ4n) is 13.5. The van der Waals surface area contributed by atoms with Crippen LogP contribution in [0.3, 0.4) is 0 Å². The Morgan fingerprint density at radius 2 is 0.635 bits per heavy atom. The molecule has 2 nitrogen and oxygen atoms in total. The number of nitrogens with zero attached hydrogens (tertiary/aromatic N) is 2. The highest BCUT2D eigenvalue weighted by Crippen LogP contribution is 2.67. The largest absolute Gasteiger partial charge is 0.310 e. The Bertz CT molecular complexity index is 4050. The molecule has 74 heavy (non-hydrogen) atoms. The summed E-state index contributed by atoms with van der Waals surface area (Å²) < 4.78 is 0. The normalized spacial score (nSPS) is 14.9. The maximum Gasteiger partial charge on any atom is 0.0727 e. The molecular weight excluding hydrogens is 893 g/mol. The molecule has 3 aliphatic carbocycles. The standard InChI is InChI=1S/C72H48N2/c1-6-25-49(26-7-1)71(50-27-8-2-9-28-50)61-40-21-18-35-55(61)56-46-45-54(47-65(56)71)74(53-33-14-5-15-34-53)67-44-24-43-64-70(67)60-39-20-23-42-63(60)72(64)62-41-22-19-38-59(62)69-58-37-17-16-36-57(58)68(48-66(69)72)73(51-29-10-3-11-30-51)52-31-12-4-13-32-52/h1-48H. The van der Waals surface area contributed by atoms with Gasteiger partial charge in [0.2, 0.25) is 0 Å². The molecule has 0 aromatic heterocycles. The molecule has 0 amide bonds. The smallest absolute Gasteiger partial charge is 0.0727 e. The molecule has 0 saturated heterocycles. The first-order chi connectivity index (χ1) is 36.8. The molecule has 0 fully saturated rings. The van der Waals surface area contributed by atoms with E-state index in [1.165, 1.54) is 88.7 Å². The van der Waals surface area contributed by atoms with Crippen LogP contribution in [-0.4, -0.2) is 0 Å². The molecule has 0 N–H and O–H groups in total. The van der Waals surface area contributed by atoms with E-state index in [0.717, 1.165) is 34.1 Å².